The summed E-state index contributed by atoms with van der Waals surface area (Å²) in [7, 11) is 0. The molecule has 6 nitrogen and oxygen atoms in total. The number of aromatic nitrogens is 2. The SMILES string of the molecule is O=C(c1cccc(-c2ccc(N3CCCCCC3)nn2)c1)N1CC[C@@H](O)C1. The molecule has 1 N–H and O–H groups in total. The highest BCUT2D eigenvalue weighted by atomic mass is 16.3. The Morgan fingerprint density at radius 2 is 1.81 bits per heavy atom. The van der Waals surface area contributed by atoms with Crippen molar-refractivity contribution in [3.05, 3.63) is 42.0 Å². The first-order chi connectivity index (χ1) is 13.2. The molecule has 27 heavy (non-hydrogen) atoms. The topological polar surface area (TPSA) is 69.6 Å². The fourth-order valence-electron chi connectivity index (χ4n) is 3.87. The van der Waals surface area contributed by atoms with Crippen molar-refractivity contribution in [1.82, 2.24) is 15.1 Å². The number of aliphatic hydroxyl groups excluding tert-OH is 1. The van der Waals surface area contributed by atoms with E-state index in [9.17, 15) is 9.90 Å². The van der Waals surface area contributed by atoms with Crippen molar-refractivity contribution in [1.29, 1.82) is 0 Å². The fourth-order valence-corrected chi connectivity index (χ4v) is 3.87. The minimum absolute atomic E-state index is 0.0393. The second kappa shape index (κ2) is 8.05. The highest BCUT2D eigenvalue weighted by Gasteiger charge is 2.25. The van der Waals surface area contributed by atoms with Crippen LogP contribution < -0.4 is 4.90 Å². The smallest absolute Gasteiger partial charge is 0.253 e. The summed E-state index contributed by atoms with van der Waals surface area (Å²) in [5.74, 6) is 0.890. The van der Waals surface area contributed by atoms with Gasteiger partial charge < -0.3 is 14.9 Å². The van der Waals surface area contributed by atoms with Gasteiger partial charge in [-0.15, -0.1) is 10.2 Å². The van der Waals surface area contributed by atoms with Crippen LogP contribution in [-0.2, 0) is 0 Å². The molecule has 0 spiro atoms. The number of β-amino-alcohol motifs (C(OH)–C–C–N with tert-alkyl or cyclic N) is 1. The number of hydrogen-bond donors (Lipinski definition) is 1. The average molecular weight is 366 g/mol. The quantitative estimate of drug-likeness (QED) is 0.904. The number of rotatable bonds is 3. The molecule has 1 aromatic heterocycles. The van der Waals surface area contributed by atoms with Gasteiger partial charge in [0.05, 0.1) is 11.8 Å². The normalized spacial score (nSPS) is 20.6. The molecule has 6 heteroatoms. The van der Waals surface area contributed by atoms with Crippen molar-refractivity contribution in [3.63, 3.8) is 0 Å². The summed E-state index contributed by atoms with van der Waals surface area (Å²) in [5, 5.41) is 18.5. The summed E-state index contributed by atoms with van der Waals surface area (Å²) >= 11 is 0. The summed E-state index contributed by atoms with van der Waals surface area (Å²) in [6.07, 6.45) is 5.23. The fraction of sp³-hybridized carbons (Fsp3) is 0.476. The van der Waals surface area contributed by atoms with E-state index in [0.717, 1.165) is 30.2 Å². The summed E-state index contributed by atoms with van der Waals surface area (Å²) in [6.45, 7) is 3.10. The molecule has 1 amide bonds. The van der Waals surface area contributed by atoms with Crippen LogP contribution in [0.2, 0.25) is 0 Å². The predicted molar refractivity (Wildman–Crippen MR) is 105 cm³/mol. The van der Waals surface area contributed by atoms with Gasteiger partial charge in [-0.1, -0.05) is 25.0 Å². The van der Waals surface area contributed by atoms with E-state index in [-0.39, 0.29) is 5.91 Å². The van der Waals surface area contributed by atoms with Gasteiger partial charge in [-0.2, -0.15) is 0 Å². The molecule has 3 heterocycles. The molecular formula is C21H26N4O2. The Labute approximate surface area is 159 Å². The van der Waals surface area contributed by atoms with Gasteiger partial charge in [0, 0.05) is 37.3 Å². The third-order valence-corrected chi connectivity index (χ3v) is 5.44. The molecule has 4 rings (SSSR count). The van der Waals surface area contributed by atoms with Gasteiger partial charge in [0.1, 0.15) is 0 Å². The molecule has 1 atom stereocenters. The highest BCUT2D eigenvalue weighted by Crippen LogP contribution is 2.23. The van der Waals surface area contributed by atoms with E-state index >= 15 is 0 Å². The summed E-state index contributed by atoms with van der Waals surface area (Å²) in [6, 6.07) is 11.5. The van der Waals surface area contributed by atoms with Crippen molar-refractivity contribution in [2.24, 2.45) is 0 Å². The third-order valence-electron chi connectivity index (χ3n) is 5.44. The lowest BCUT2D eigenvalue weighted by atomic mass is 10.1. The van der Waals surface area contributed by atoms with Crippen LogP contribution in [-0.4, -0.2) is 58.4 Å². The number of benzene rings is 1. The summed E-state index contributed by atoms with van der Waals surface area (Å²) < 4.78 is 0. The predicted octanol–water partition coefficient (Wildman–Crippen LogP) is 2.73. The highest BCUT2D eigenvalue weighted by molar-refractivity contribution is 5.95. The average Bonchev–Trinajstić information content (AvgIpc) is 2.97. The zero-order valence-electron chi connectivity index (χ0n) is 15.5. The van der Waals surface area contributed by atoms with Gasteiger partial charge in [0.2, 0.25) is 0 Å². The zero-order chi connectivity index (χ0) is 18.6. The maximum atomic E-state index is 12.6. The first-order valence-corrected chi connectivity index (χ1v) is 9.87. The molecule has 0 radical (unpaired) electrons. The number of carbonyl (C=O) groups excluding carboxylic acids is 1. The Bertz CT molecular complexity index is 785. The Kier molecular flexibility index (Phi) is 5.34. The first-order valence-electron chi connectivity index (χ1n) is 9.87. The van der Waals surface area contributed by atoms with E-state index in [4.69, 9.17) is 0 Å². The summed E-state index contributed by atoms with van der Waals surface area (Å²) in [5.41, 5.74) is 2.28. The number of likely N-dealkylation sites (tertiary alicyclic amines) is 1. The molecule has 0 unspecified atom stereocenters. The van der Waals surface area contributed by atoms with Crippen LogP contribution >= 0.6 is 0 Å². The molecule has 0 aliphatic carbocycles. The molecule has 2 fully saturated rings. The van der Waals surface area contributed by atoms with Crippen LogP contribution in [0.1, 0.15) is 42.5 Å². The second-order valence-corrected chi connectivity index (χ2v) is 7.45. The van der Waals surface area contributed by atoms with E-state index < -0.39 is 6.10 Å². The number of nitrogens with zero attached hydrogens (tertiary/aromatic N) is 4. The monoisotopic (exact) mass is 366 g/mol. The van der Waals surface area contributed by atoms with Crippen LogP contribution in [0, 0.1) is 0 Å². The van der Waals surface area contributed by atoms with Crippen molar-refractivity contribution < 1.29 is 9.90 Å². The summed E-state index contributed by atoms with van der Waals surface area (Å²) in [4.78, 5) is 16.7. The third kappa shape index (κ3) is 4.11. The van der Waals surface area contributed by atoms with Gasteiger partial charge in [-0.3, -0.25) is 4.79 Å². The number of aliphatic hydroxyl groups is 1. The first kappa shape index (κ1) is 17.9. The van der Waals surface area contributed by atoms with Crippen molar-refractivity contribution in [2.45, 2.75) is 38.2 Å². The number of hydrogen-bond acceptors (Lipinski definition) is 5. The van der Waals surface area contributed by atoms with Crippen LogP contribution in [0.15, 0.2) is 36.4 Å². The Balaban J connectivity index is 1.50. The molecule has 2 saturated heterocycles. The van der Waals surface area contributed by atoms with Crippen LogP contribution in [0.25, 0.3) is 11.3 Å². The largest absolute Gasteiger partial charge is 0.391 e. The van der Waals surface area contributed by atoms with E-state index in [0.29, 0.717) is 25.1 Å². The second-order valence-electron chi connectivity index (χ2n) is 7.45. The minimum Gasteiger partial charge on any atom is -0.391 e. The van der Waals surface area contributed by atoms with Gasteiger partial charge >= 0.3 is 0 Å². The van der Waals surface area contributed by atoms with Gasteiger partial charge in [0.25, 0.3) is 5.91 Å². The maximum absolute atomic E-state index is 12.6. The molecule has 2 aliphatic rings. The number of carbonyl (C=O) groups is 1. The van der Waals surface area contributed by atoms with Crippen molar-refractivity contribution in [3.8, 4) is 11.3 Å². The molecule has 2 aliphatic heterocycles. The lowest BCUT2D eigenvalue weighted by Gasteiger charge is -2.20. The van der Waals surface area contributed by atoms with E-state index in [1.807, 2.05) is 36.4 Å². The zero-order valence-corrected chi connectivity index (χ0v) is 15.5. The van der Waals surface area contributed by atoms with Crippen LogP contribution in [0.4, 0.5) is 5.82 Å². The molecule has 0 saturated carbocycles. The molecular weight excluding hydrogens is 340 g/mol. The maximum Gasteiger partial charge on any atom is 0.253 e. The molecule has 0 bridgehead atoms. The number of amides is 1. The number of anilines is 1. The van der Waals surface area contributed by atoms with Crippen molar-refractivity contribution in [2.75, 3.05) is 31.1 Å². The Morgan fingerprint density at radius 3 is 2.48 bits per heavy atom. The Hall–Kier alpha value is -2.47. The van der Waals surface area contributed by atoms with Gasteiger partial charge in [-0.05, 0) is 43.5 Å². The van der Waals surface area contributed by atoms with Crippen molar-refractivity contribution >= 4 is 11.7 Å². The van der Waals surface area contributed by atoms with Gasteiger partial charge in [0.15, 0.2) is 5.82 Å². The molecule has 2 aromatic rings. The van der Waals surface area contributed by atoms with E-state index in [1.54, 1.807) is 4.90 Å². The Morgan fingerprint density at radius 1 is 1.00 bits per heavy atom. The van der Waals surface area contributed by atoms with Crippen LogP contribution in [0.3, 0.4) is 0 Å². The van der Waals surface area contributed by atoms with E-state index in [2.05, 4.69) is 15.1 Å². The lowest BCUT2D eigenvalue weighted by Crippen LogP contribution is -2.29. The minimum atomic E-state index is -0.408. The molecule has 142 valence electrons. The van der Waals surface area contributed by atoms with Gasteiger partial charge in [-0.25, -0.2) is 0 Å². The standard InChI is InChI=1S/C21H26N4O2/c26-18-10-13-25(15-18)21(27)17-7-5-6-16(14-17)19-8-9-20(23-22-19)24-11-3-1-2-4-12-24/h5-9,14,18,26H,1-4,10-13,15H2/t18-/m1/s1. The van der Waals surface area contributed by atoms with E-state index in [1.165, 1.54) is 25.7 Å². The molecule has 1 aromatic carbocycles. The lowest BCUT2D eigenvalue weighted by molar-refractivity contribution is 0.0765. The van der Waals surface area contributed by atoms with Crippen LogP contribution in [0.5, 0.6) is 0 Å².